The summed E-state index contributed by atoms with van der Waals surface area (Å²) in [4.78, 5) is 1.63. The van der Waals surface area contributed by atoms with Crippen molar-refractivity contribution in [3.8, 4) is 5.75 Å². The number of nitrogens with zero attached hydrogens (tertiary/aromatic N) is 2. The zero-order valence-electron chi connectivity index (χ0n) is 26.6. The molecule has 0 heterocycles. The maximum atomic E-state index is 12.5. The molecule has 0 saturated heterocycles. The standard InChI is InChI=1S/C37H36N2O7S2/c1-3-38(25-27-9-6-5-7-10-27)31-17-13-29(14-18-31)37(35-22-21-33(40)24-36(35)48(44,45)46)30-15-19-32(20-16-30)39(4-2)26-28-11-8-12-34(23-28)47(41,42)43/h5-24H,3-4,25-26H2,1-2H3,(H2,41,42,43,44,45,46)/p+1. The molecule has 3 N–H and O–H groups in total. The normalized spacial score (nSPS) is 13.1. The molecule has 4 aromatic carbocycles. The van der Waals surface area contributed by atoms with E-state index in [1.54, 1.807) is 12.1 Å². The quantitative estimate of drug-likeness (QED) is 0.120. The Balaban J connectivity index is 1.57. The van der Waals surface area contributed by atoms with Gasteiger partial charge in [0.2, 0.25) is 0 Å². The largest absolute Gasteiger partial charge is 0.508 e. The van der Waals surface area contributed by atoms with Gasteiger partial charge in [0.05, 0.1) is 4.90 Å². The molecule has 0 unspecified atom stereocenters. The molecule has 0 saturated carbocycles. The van der Waals surface area contributed by atoms with Crippen molar-refractivity contribution in [2.75, 3.05) is 18.0 Å². The number of hydrogen-bond acceptors (Lipinski definition) is 6. The number of aromatic hydroxyl groups is 1. The highest BCUT2D eigenvalue weighted by Crippen LogP contribution is 2.36. The van der Waals surface area contributed by atoms with Gasteiger partial charge in [-0.1, -0.05) is 54.6 Å². The van der Waals surface area contributed by atoms with Crippen molar-refractivity contribution in [3.63, 3.8) is 0 Å². The molecule has 4 aromatic rings. The fourth-order valence-electron chi connectivity index (χ4n) is 5.69. The maximum absolute atomic E-state index is 12.5. The Morgan fingerprint density at radius 1 is 0.729 bits per heavy atom. The summed E-state index contributed by atoms with van der Waals surface area (Å²) in [5.41, 5.74) is 5.81. The average molecular weight is 686 g/mol. The highest BCUT2D eigenvalue weighted by Gasteiger charge is 2.23. The second-order valence-corrected chi connectivity index (χ2v) is 14.1. The molecule has 48 heavy (non-hydrogen) atoms. The predicted molar refractivity (Wildman–Crippen MR) is 188 cm³/mol. The molecule has 11 heteroatoms. The number of benzene rings is 4. The molecule has 0 atom stereocenters. The lowest BCUT2D eigenvalue weighted by atomic mass is 9.90. The summed E-state index contributed by atoms with van der Waals surface area (Å²) < 4.78 is 70.1. The molecule has 0 radical (unpaired) electrons. The van der Waals surface area contributed by atoms with E-state index in [-0.39, 0.29) is 16.2 Å². The number of allylic oxidation sites excluding steroid dienone is 5. The molecule has 1 aliphatic rings. The minimum Gasteiger partial charge on any atom is -0.508 e. The van der Waals surface area contributed by atoms with Crippen LogP contribution in [0.15, 0.2) is 137 Å². The molecule has 0 bridgehead atoms. The van der Waals surface area contributed by atoms with E-state index in [1.165, 1.54) is 29.8 Å². The lowest BCUT2D eigenvalue weighted by molar-refractivity contribution is -0.539. The lowest BCUT2D eigenvalue weighted by Gasteiger charge is -2.24. The van der Waals surface area contributed by atoms with E-state index in [0.717, 1.165) is 24.0 Å². The highest BCUT2D eigenvalue weighted by molar-refractivity contribution is 7.86. The monoisotopic (exact) mass is 685 g/mol. The van der Waals surface area contributed by atoms with Crippen molar-refractivity contribution in [2.45, 2.75) is 36.7 Å². The van der Waals surface area contributed by atoms with Crippen molar-refractivity contribution in [1.82, 2.24) is 0 Å². The molecule has 0 fully saturated rings. The van der Waals surface area contributed by atoms with Crippen LogP contribution in [0.5, 0.6) is 5.75 Å². The Hall–Kier alpha value is -4.81. The fourth-order valence-corrected chi connectivity index (χ4v) is 6.95. The summed E-state index contributed by atoms with van der Waals surface area (Å²) >= 11 is 0. The van der Waals surface area contributed by atoms with Gasteiger partial charge in [-0.3, -0.25) is 9.11 Å². The second kappa shape index (κ2) is 14.5. The zero-order valence-corrected chi connectivity index (χ0v) is 28.2. The summed E-state index contributed by atoms with van der Waals surface area (Å²) in [6.07, 6.45) is 7.46. The van der Waals surface area contributed by atoms with Crippen LogP contribution in [0.25, 0.3) is 5.57 Å². The highest BCUT2D eigenvalue weighted by atomic mass is 32.2. The number of phenols is 1. The minimum absolute atomic E-state index is 0.178. The van der Waals surface area contributed by atoms with Crippen LogP contribution in [-0.2, 0) is 33.3 Å². The fraction of sp³-hybridized carbons (Fsp3) is 0.162. The van der Waals surface area contributed by atoms with E-state index < -0.39 is 25.1 Å². The van der Waals surface area contributed by atoms with Crippen LogP contribution in [0.2, 0.25) is 0 Å². The first-order valence-electron chi connectivity index (χ1n) is 15.4. The van der Waals surface area contributed by atoms with E-state index in [9.17, 15) is 31.0 Å². The van der Waals surface area contributed by atoms with Crippen LogP contribution in [-0.4, -0.2) is 54.4 Å². The molecular formula is C37H37N2O7S2+. The molecule has 1 aliphatic carbocycles. The first-order chi connectivity index (χ1) is 22.9. The van der Waals surface area contributed by atoms with Crippen molar-refractivity contribution in [2.24, 2.45) is 0 Å². The van der Waals surface area contributed by atoms with E-state index >= 15 is 0 Å². The Kier molecular flexibility index (Phi) is 10.4. The van der Waals surface area contributed by atoms with E-state index in [0.29, 0.717) is 41.9 Å². The molecule has 248 valence electrons. The van der Waals surface area contributed by atoms with E-state index in [4.69, 9.17) is 0 Å². The van der Waals surface area contributed by atoms with Crippen LogP contribution >= 0.6 is 0 Å². The zero-order chi connectivity index (χ0) is 34.5. The summed E-state index contributed by atoms with van der Waals surface area (Å²) in [7, 11) is -9.05. The summed E-state index contributed by atoms with van der Waals surface area (Å²) in [5.74, 6) is -0.299. The number of anilines is 1. The van der Waals surface area contributed by atoms with E-state index in [1.807, 2.05) is 78.3 Å². The van der Waals surface area contributed by atoms with Gasteiger partial charge in [0.1, 0.15) is 17.2 Å². The van der Waals surface area contributed by atoms with Gasteiger partial charge in [-0.25, -0.2) is 4.58 Å². The van der Waals surface area contributed by atoms with Gasteiger partial charge < -0.3 is 10.0 Å². The molecular weight excluding hydrogens is 649 g/mol. The predicted octanol–water partition coefficient (Wildman–Crippen LogP) is 6.51. The van der Waals surface area contributed by atoms with Gasteiger partial charge in [0.15, 0.2) is 12.3 Å². The van der Waals surface area contributed by atoms with Crippen LogP contribution < -0.4 is 4.90 Å². The van der Waals surface area contributed by atoms with Gasteiger partial charge >= 0.3 is 0 Å². The third-order valence-corrected chi connectivity index (χ3v) is 9.85. The van der Waals surface area contributed by atoms with Crippen molar-refractivity contribution in [1.29, 1.82) is 0 Å². The topological polar surface area (TPSA) is 135 Å². The van der Waals surface area contributed by atoms with Crippen molar-refractivity contribution in [3.05, 3.63) is 149 Å². The van der Waals surface area contributed by atoms with E-state index in [2.05, 4.69) is 24.0 Å². The van der Waals surface area contributed by atoms with Crippen LogP contribution in [0.1, 0.15) is 36.1 Å². The Bertz CT molecular complexity index is 2130. The first-order valence-corrected chi connectivity index (χ1v) is 18.2. The maximum Gasteiger partial charge on any atom is 0.295 e. The van der Waals surface area contributed by atoms with Crippen LogP contribution in [0.3, 0.4) is 0 Å². The lowest BCUT2D eigenvalue weighted by Crippen LogP contribution is -2.21. The third-order valence-electron chi connectivity index (χ3n) is 8.10. The number of phenolic OH excluding ortho intramolecular Hbond substituents is 1. The third kappa shape index (κ3) is 8.18. The van der Waals surface area contributed by atoms with Gasteiger partial charge in [-0.15, -0.1) is 0 Å². The van der Waals surface area contributed by atoms with Gasteiger partial charge in [0, 0.05) is 48.1 Å². The SMILES string of the molecule is CCN(Cc1ccccc1)c1ccc(C(=C2C=CC(=[N+](CC)Cc3cccc(S(=O)(=O)O)c3)C=C2)c2ccc(O)cc2S(=O)(=O)O)cc1. The molecule has 9 nitrogen and oxygen atoms in total. The van der Waals surface area contributed by atoms with Gasteiger partial charge in [-0.2, -0.15) is 16.8 Å². The Morgan fingerprint density at radius 2 is 1.40 bits per heavy atom. The summed E-state index contributed by atoms with van der Waals surface area (Å²) in [6.45, 7) is 6.49. The van der Waals surface area contributed by atoms with Gasteiger partial charge in [0.25, 0.3) is 20.2 Å². The van der Waals surface area contributed by atoms with Crippen molar-refractivity contribution >= 4 is 37.2 Å². The van der Waals surface area contributed by atoms with Crippen LogP contribution in [0, 0.1) is 0 Å². The number of rotatable bonds is 11. The molecule has 5 rings (SSSR count). The molecule has 0 amide bonds. The summed E-state index contributed by atoms with van der Waals surface area (Å²) in [6, 6.07) is 27.9. The number of hydrogen-bond donors (Lipinski definition) is 3. The Labute approximate surface area is 281 Å². The molecule has 0 spiro atoms. The summed E-state index contributed by atoms with van der Waals surface area (Å²) in [5, 5.41) is 10.1. The Morgan fingerprint density at radius 3 is 2.00 bits per heavy atom. The first kappa shape index (κ1) is 34.5. The molecule has 0 aromatic heterocycles. The van der Waals surface area contributed by atoms with Crippen molar-refractivity contribution < 1.29 is 35.6 Å². The molecule has 0 aliphatic heterocycles. The smallest absolute Gasteiger partial charge is 0.295 e. The van der Waals surface area contributed by atoms with Gasteiger partial charge in [-0.05, 0) is 84.7 Å². The minimum atomic E-state index is -4.71. The average Bonchev–Trinajstić information content (AvgIpc) is 3.07. The van der Waals surface area contributed by atoms with Crippen LogP contribution in [0.4, 0.5) is 5.69 Å². The second-order valence-electron chi connectivity index (χ2n) is 11.3.